The molecule has 0 saturated heterocycles. The molecule has 6 heteroatoms. The summed E-state index contributed by atoms with van der Waals surface area (Å²) in [7, 11) is 0. The Morgan fingerprint density at radius 1 is 0.339 bits per heavy atom. The highest BCUT2D eigenvalue weighted by atomic mass is 16.6. The largest absolute Gasteiger partial charge is 0.462 e. The first kappa shape index (κ1) is 57.4. The highest BCUT2D eigenvalue weighted by Crippen LogP contribution is 2.18. The molecule has 2 unspecified atom stereocenters. The van der Waals surface area contributed by atoms with Crippen molar-refractivity contribution in [1.82, 2.24) is 0 Å². The molecule has 59 heavy (non-hydrogen) atoms. The summed E-state index contributed by atoms with van der Waals surface area (Å²) in [6, 6.07) is 0. The lowest BCUT2D eigenvalue weighted by Crippen LogP contribution is -2.30. The standard InChI is InChI=1S/C53H102O6/c1-7-48(5)40-34-28-22-18-15-16-20-24-32-38-44-53(56)59-50(46-58-52(55)43-37-31-26-25-29-35-41-49(6)8-2)45-57-51(54)42-36-30-23-19-14-12-10-9-11-13-17-21-27-33-39-47(3)4/h47-50H,7-46H2,1-6H3/t48?,49?,50-/m0/s1. The first-order valence-corrected chi connectivity index (χ1v) is 26.2. The molecule has 0 spiro atoms. The fraction of sp³-hybridized carbons (Fsp3) is 0.943. The Morgan fingerprint density at radius 3 is 0.881 bits per heavy atom. The summed E-state index contributed by atoms with van der Waals surface area (Å²) in [5.41, 5.74) is 0. The molecule has 0 heterocycles. The Morgan fingerprint density at radius 2 is 0.593 bits per heavy atom. The van der Waals surface area contributed by atoms with Crippen molar-refractivity contribution in [3.8, 4) is 0 Å². The second-order valence-electron chi connectivity index (χ2n) is 19.1. The molecule has 0 amide bonds. The summed E-state index contributed by atoms with van der Waals surface area (Å²) in [6.07, 6.45) is 43.7. The van der Waals surface area contributed by atoms with E-state index in [2.05, 4.69) is 41.5 Å². The van der Waals surface area contributed by atoms with Crippen LogP contribution in [0.2, 0.25) is 0 Å². The molecular formula is C53H102O6. The highest BCUT2D eigenvalue weighted by Gasteiger charge is 2.19. The van der Waals surface area contributed by atoms with Crippen LogP contribution < -0.4 is 0 Å². The van der Waals surface area contributed by atoms with Crippen molar-refractivity contribution in [3.63, 3.8) is 0 Å². The van der Waals surface area contributed by atoms with Crippen LogP contribution in [0.25, 0.3) is 0 Å². The summed E-state index contributed by atoms with van der Waals surface area (Å²) in [5, 5.41) is 0. The molecule has 0 aliphatic heterocycles. The van der Waals surface area contributed by atoms with Gasteiger partial charge in [0.1, 0.15) is 13.2 Å². The molecule has 6 nitrogen and oxygen atoms in total. The number of ether oxygens (including phenoxy) is 3. The van der Waals surface area contributed by atoms with Crippen LogP contribution in [0.15, 0.2) is 0 Å². The van der Waals surface area contributed by atoms with Gasteiger partial charge in [-0.2, -0.15) is 0 Å². The van der Waals surface area contributed by atoms with Gasteiger partial charge in [0.25, 0.3) is 0 Å². The predicted molar refractivity (Wildman–Crippen MR) is 252 cm³/mol. The van der Waals surface area contributed by atoms with E-state index in [-0.39, 0.29) is 31.1 Å². The molecule has 0 aromatic heterocycles. The number of hydrogen-bond acceptors (Lipinski definition) is 6. The molecule has 0 aliphatic rings. The molecule has 350 valence electrons. The van der Waals surface area contributed by atoms with Crippen LogP contribution in [0, 0.1) is 17.8 Å². The molecule has 0 radical (unpaired) electrons. The summed E-state index contributed by atoms with van der Waals surface area (Å²) in [6.45, 7) is 13.7. The number of unbranched alkanes of at least 4 members (excludes halogenated alkanes) is 27. The van der Waals surface area contributed by atoms with Gasteiger partial charge in [-0.25, -0.2) is 0 Å². The van der Waals surface area contributed by atoms with Gasteiger partial charge in [0, 0.05) is 19.3 Å². The third-order valence-corrected chi connectivity index (χ3v) is 12.6. The molecular weight excluding hydrogens is 733 g/mol. The van der Waals surface area contributed by atoms with Crippen molar-refractivity contribution in [2.24, 2.45) is 17.8 Å². The van der Waals surface area contributed by atoms with Gasteiger partial charge in [-0.15, -0.1) is 0 Å². The first-order valence-electron chi connectivity index (χ1n) is 26.2. The van der Waals surface area contributed by atoms with E-state index in [9.17, 15) is 14.4 Å². The zero-order valence-corrected chi connectivity index (χ0v) is 40.5. The van der Waals surface area contributed by atoms with Gasteiger partial charge in [-0.3, -0.25) is 14.4 Å². The van der Waals surface area contributed by atoms with Crippen molar-refractivity contribution >= 4 is 17.9 Å². The zero-order chi connectivity index (χ0) is 43.4. The van der Waals surface area contributed by atoms with Crippen molar-refractivity contribution in [2.75, 3.05) is 13.2 Å². The van der Waals surface area contributed by atoms with Gasteiger partial charge in [-0.05, 0) is 37.0 Å². The molecule has 0 aliphatic carbocycles. The molecule has 3 atom stereocenters. The maximum Gasteiger partial charge on any atom is 0.306 e. The molecule has 0 saturated carbocycles. The monoisotopic (exact) mass is 835 g/mol. The quantitative estimate of drug-likeness (QED) is 0.0345. The number of carbonyl (C=O) groups excluding carboxylic acids is 3. The molecule has 0 aromatic rings. The Labute approximate surface area is 368 Å². The minimum atomic E-state index is -0.763. The van der Waals surface area contributed by atoms with Crippen molar-refractivity contribution < 1.29 is 28.6 Å². The number of rotatable bonds is 46. The molecule has 0 bridgehead atoms. The number of hydrogen-bond donors (Lipinski definition) is 0. The minimum Gasteiger partial charge on any atom is -0.462 e. The van der Waals surface area contributed by atoms with Gasteiger partial charge < -0.3 is 14.2 Å². The lowest BCUT2D eigenvalue weighted by atomic mass is 9.99. The lowest BCUT2D eigenvalue weighted by molar-refractivity contribution is -0.167. The van der Waals surface area contributed by atoms with E-state index < -0.39 is 6.10 Å². The average molecular weight is 835 g/mol. The predicted octanol–water partition coefficient (Wildman–Crippen LogP) is 16.8. The summed E-state index contributed by atoms with van der Waals surface area (Å²) >= 11 is 0. The highest BCUT2D eigenvalue weighted by molar-refractivity contribution is 5.71. The second-order valence-corrected chi connectivity index (χ2v) is 19.1. The lowest BCUT2D eigenvalue weighted by Gasteiger charge is -2.18. The van der Waals surface area contributed by atoms with E-state index in [1.807, 2.05) is 0 Å². The Hall–Kier alpha value is -1.59. The summed E-state index contributed by atoms with van der Waals surface area (Å²) < 4.78 is 16.8. The van der Waals surface area contributed by atoms with E-state index in [1.54, 1.807) is 0 Å². The third kappa shape index (κ3) is 44.3. The number of esters is 3. The molecule has 0 N–H and O–H groups in total. The second kappa shape index (κ2) is 44.5. The normalized spacial score (nSPS) is 13.1. The minimum absolute atomic E-state index is 0.0652. The van der Waals surface area contributed by atoms with E-state index in [0.29, 0.717) is 19.3 Å². The molecule has 0 rings (SSSR count). The van der Waals surface area contributed by atoms with E-state index in [4.69, 9.17) is 14.2 Å². The Kier molecular flexibility index (Phi) is 43.3. The SMILES string of the molecule is CCC(C)CCCCCCCCCCCCC(=O)O[C@@H](COC(=O)CCCCCCCCCCCCCCCCC(C)C)COC(=O)CCCCCCCCC(C)CC. The van der Waals surface area contributed by atoms with Crippen LogP contribution in [0.3, 0.4) is 0 Å². The van der Waals surface area contributed by atoms with Crippen molar-refractivity contribution in [2.45, 2.75) is 292 Å². The van der Waals surface area contributed by atoms with E-state index >= 15 is 0 Å². The van der Waals surface area contributed by atoms with Crippen LogP contribution >= 0.6 is 0 Å². The van der Waals surface area contributed by atoms with E-state index in [0.717, 1.165) is 75.5 Å². The summed E-state index contributed by atoms with van der Waals surface area (Å²) in [5.74, 6) is 1.67. The maximum absolute atomic E-state index is 12.8. The average Bonchev–Trinajstić information content (AvgIpc) is 3.22. The maximum atomic E-state index is 12.8. The van der Waals surface area contributed by atoms with Crippen LogP contribution in [0.4, 0.5) is 0 Å². The molecule has 0 fully saturated rings. The zero-order valence-electron chi connectivity index (χ0n) is 40.5. The summed E-state index contributed by atoms with van der Waals surface area (Å²) in [4.78, 5) is 37.9. The third-order valence-electron chi connectivity index (χ3n) is 12.6. The first-order chi connectivity index (χ1) is 28.7. The van der Waals surface area contributed by atoms with Gasteiger partial charge in [0.05, 0.1) is 0 Å². The van der Waals surface area contributed by atoms with Gasteiger partial charge in [0.15, 0.2) is 6.10 Å². The van der Waals surface area contributed by atoms with Crippen molar-refractivity contribution in [1.29, 1.82) is 0 Å². The topological polar surface area (TPSA) is 78.9 Å². The van der Waals surface area contributed by atoms with Crippen LogP contribution in [0.1, 0.15) is 286 Å². The van der Waals surface area contributed by atoms with Gasteiger partial charge in [0.2, 0.25) is 0 Å². The fourth-order valence-corrected chi connectivity index (χ4v) is 7.87. The Balaban J connectivity index is 4.30. The molecule has 0 aromatic carbocycles. The van der Waals surface area contributed by atoms with Crippen LogP contribution in [0.5, 0.6) is 0 Å². The van der Waals surface area contributed by atoms with Gasteiger partial charge >= 0.3 is 17.9 Å². The van der Waals surface area contributed by atoms with Crippen LogP contribution in [-0.4, -0.2) is 37.2 Å². The number of carbonyl (C=O) groups is 3. The van der Waals surface area contributed by atoms with E-state index in [1.165, 1.54) is 167 Å². The smallest absolute Gasteiger partial charge is 0.306 e. The van der Waals surface area contributed by atoms with Gasteiger partial charge in [-0.1, -0.05) is 247 Å². The van der Waals surface area contributed by atoms with Crippen molar-refractivity contribution in [3.05, 3.63) is 0 Å². The fourth-order valence-electron chi connectivity index (χ4n) is 7.87. The van der Waals surface area contributed by atoms with Crippen LogP contribution in [-0.2, 0) is 28.6 Å². The Bertz CT molecular complexity index is 918.